The van der Waals surface area contributed by atoms with Crippen LogP contribution >= 0.6 is 0 Å². The maximum Gasteiger partial charge on any atom is 0.0481 e. The van der Waals surface area contributed by atoms with Gasteiger partial charge in [0.15, 0.2) is 0 Å². The maximum atomic E-state index is 5.76. The van der Waals surface area contributed by atoms with Gasteiger partial charge in [-0.25, -0.2) is 0 Å². The monoisotopic (exact) mass is 289 g/mol. The molecule has 0 bridgehead atoms. The van der Waals surface area contributed by atoms with E-state index in [0.29, 0.717) is 18.0 Å². The Bertz CT molecular complexity index is 442. The number of nitrogens with zero attached hydrogens (tertiary/aromatic N) is 2. The molecule has 1 aliphatic rings. The molecule has 0 aliphatic carbocycles. The van der Waals surface area contributed by atoms with Gasteiger partial charge in [-0.2, -0.15) is 0 Å². The SMILES string of the molecule is CC(C)c1ccccc1C1CN(CCN)CCN1C(C)C. The number of benzene rings is 1. The van der Waals surface area contributed by atoms with Gasteiger partial charge in [0, 0.05) is 44.8 Å². The van der Waals surface area contributed by atoms with Gasteiger partial charge in [0.2, 0.25) is 0 Å². The van der Waals surface area contributed by atoms with Gasteiger partial charge in [0.05, 0.1) is 0 Å². The van der Waals surface area contributed by atoms with Crippen molar-refractivity contribution < 1.29 is 0 Å². The molecule has 3 heteroatoms. The van der Waals surface area contributed by atoms with Crippen LogP contribution in [0.1, 0.15) is 50.8 Å². The zero-order valence-electron chi connectivity index (χ0n) is 14.0. The second kappa shape index (κ2) is 7.39. The van der Waals surface area contributed by atoms with Crippen LogP contribution in [0.15, 0.2) is 24.3 Å². The van der Waals surface area contributed by atoms with Crippen molar-refractivity contribution in [2.45, 2.75) is 45.7 Å². The third kappa shape index (κ3) is 3.85. The first kappa shape index (κ1) is 16.5. The van der Waals surface area contributed by atoms with E-state index < -0.39 is 0 Å². The quantitative estimate of drug-likeness (QED) is 0.904. The van der Waals surface area contributed by atoms with Crippen molar-refractivity contribution in [3.63, 3.8) is 0 Å². The van der Waals surface area contributed by atoms with Gasteiger partial charge >= 0.3 is 0 Å². The molecule has 1 saturated heterocycles. The van der Waals surface area contributed by atoms with E-state index in [-0.39, 0.29) is 0 Å². The largest absolute Gasteiger partial charge is 0.329 e. The van der Waals surface area contributed by atoms with Crippen LogP contribution < -0.4 is 5.73 Å². The molecule has 1 fully saturated rings. The molecular weight excluding hydrogens is 258 g/mol. The minimum atomic E-state index is 0.490. The molecule has 0 radical (unpaired) electrons. The van der Waals surface area contributed by atoms with E-state index in [0.717, 1.165) is 32.7 Å². The number of piperazine rings is 1. The lowest BCUT2D eigenvalue weighted by Gasteiger charge is -2.44. The Labute approximate surface area is 130 Å². The summed E-state index contributed by atoms with van der Waals surface area (Å²) in [6, 6.07) is 10.0. The van der Waals surface area contributed by atoms with Crippen molar-refractivity contribution >= 4 is 0 Å². The van der Waals surface area contributed by atoms with Crippen molar-refractivity contribution in [1.82, 2.24) is 9.80 Å². The fourth-order valence-corrected chi connectivity index (χ4v) is 3.47. The summed E-state index contributed by atoms with van der Waals surface area (Å²) in [5.41, 5.74) is 8.75. The number of hydrogen-bond donors (Lipinski definition) is 1. The first-order valence-corrected chi connectivity index (χ1v) is 8.31. The summed E-state index contributed by atoms with van der Waals surface area (Å²) in [5.74, 6) is 0.570. The Balaban J connectivity index is 2.31. The summed E-state index contributed by atoms with van der Waals surface area (Å²) in [7, 11) is 0. The second-order valence-electron chi connectivity index (χ2n) is 6.72. The minimum Gasteiger partial charge on any atom is -0.329 e. The summed E-state index contributed by atoms with van der Waals surface area (Å²) in [4.78, 5) is 5.16. The smallest absolute Gasteiger partial charge is 0.0481 e. The Morgan fingerprint density at radius 1 is 1.14 bits per heavy atom. The summed E-state index contributed by atoms with van der Waals surface area (Å²) in [6.45, 7) is 14.3. The topological polar surface area (TPSA) is 32.5 Å². The lowest BCUT2D eigenvalue weighted by Crippen LogP contribution is -2.51. The summed E-state index contributed by atoms with van der Waals surface area (Å²) in [5, 5.41) is 0. The predicted octanol–water partition coefficient (Wildman–Crippen LogP) is 2.84. The van der Waals surface area contributed by atoms with Crippen molar-refractivity contribution in [3.05, 3.63) is 35.4 Å². The van der Waals surface area contributed by atoms with Crippen molar-refractivity contribution in [1.29, 1.82) is 0 Å². The zero-order valence-corrected chi connectivity index (χ0v) is 14.0. The highest BCUT2D eigenvalue weighted by molar-refractivity contribution is 5.33. The molecule has 0 spiro atoms. The summed E-state index contributed by atoms with van der Waals surface area (Å²) < 4.78 is 0. The molecule has 1 atom stereocenters. The molecule has 0 amide bonds. The molecule has 1 aliphatic heterocycles. The van der Waals surface area contributed by atoms with E-state index in [1.165, 1.54) is 11.1 Å². The molecule has 0 saturated carbocycles. The van der Waals surface area contributed by atoms with E-state index in [9.17, 15) is 0 Å². The Morgan fingerprint density at radius 2 is 1.86 bits per heavy atom. The van der Waals surface area contributed by atoms with Crippen LogP contribution in [0.4, 0.5) is 0 Å². The van der Waals surface area contributed by atoms with Crippen LogP contribution in [-0.4, -0.2) is 48.6 Å². The standard InChI is InChI=1S/C18H31N3/c1-14(2)16-7-5-6-8-17(16)18-13-20(10-9-19)11-12-21(18)15(3)4/h5-8,14-15,18H,9-13,19H2,1-4H3. The number of rotatable bonds is 5. The van der Waals surface area contributed by atoms with Gasteiger partial charge in [-0.05, 0) is 30.9 Å². The molecule has 2 N–H and O–H groups in total. The normalized spacial score (nSPS) is 21.4. The number of nitrogens with two attached hydrogens (primary N) is 1. The molecule has 118 valence electrons. The molecule has 1 aromatic rings. The fraction of sp³-hybridized carbons (Fsp3) is 0.667. The third-order valence-electron chi connectivity index (χ3n) is 4.59. The Kier molecular flexibility index (Phi) is 5.80. The predicted molar refractivity (Wildman–Crippen MR) is 90.6 cm³/mol. The molecule has 1 heterocycles. The molecule has 21 heavy (non-hydrogen) atoms. The molecule has 0 aromatic heterocycles. The van der Waals surface area contributed by atoms with Gasteiger partial charge < -0.3 is 5.73 Å². The lowest BCUT2D eigenvalue weighted by molar-refractivity contribution is 0.0517. The fourth-order valence-electron chi connectivity index (χ4n) is 3.47. The average Bonchev–Trinajstić information content (AvgIpc) is 2.47. The second-order valence-corrected chi connectivity index (χ2v) is 6.72. The van der Waals surface area contributed by atoms with E-state index in [1.54, 1.807) is 0 Å². The third-order valence-corrected chi connectivity index (χ3v) is 4.59. The van der Waals surface area contributed by atoms with Crippen LogP contribution in [-0.2, 0) is 0 Å². The first-order valence-electron chi connectivity index (χ1n) is 8.31. The molecule has 3 nitrogen and oxygen atoms in total. The van der Waals surface area contributed by atoms with Crippen LogP contribution in [0.25, 0.3) is 0 Å². The first-order chi connectivity index (χ1) is 10.0. The average molecular weight is 289 g/mol. The molecule has 2 rings (SSSR count). The van der Waals surface area contributed by atoms with Gasteiger partial charge in [-0.3, -0.25) is 9.80 Å². The van der Waals surface area contributed by atoms with Gasteiger partial charge in [-0.15, -0.1) is 0 Å². The Morgan fingerprint density at radius 3 is 2.48 bits per heavy atom. The van der Waals surface area contributed by atoms with Gasteiger partial charge in [-0.1, -0.05) is 38.1 Å². The summed E-state index contributed by atoms with van der Waals surface area (Å²) in [6.07, 6.45) is 0. The van der Waals surface area contributed by atoms with Gasteiger partial charge in [0.25, 0.3) is 0 Å². The zero-order chi connectivity index (χ0) is 15.4. The van der Waals surface area contributed by atoms with E-state index in [2.05, 4.69) is 61.8 Å². The Hall–Kier alpha value is -0.900. The molecule has 1 aromatic carbocycles. The van der Waals surface area contributed by atoms with E-state index >= 15 is 0 Å². The van der Waals surface area contributed by atoms with Gasteiger partial charge in [0.1, 0.15) is 0 Å². The number of hydrogen-bond acceptors (Lipinski definition) is 3. The van der Waals surface area contributed by atoms with Crippen LogP contribution in [0.5, 0.6) is 0 Å². The minimum absolute atomic E-state index is 0.490. The van der Waals surface area contributed by atoms with Crippen molar-refractivity contribution in [2.75, 3.05) is 32.7 Å². The van der Waals surface area contributed by atoms with Crippen LogP contribution in [0.3, 0.4) is 0 Å². The van der Waals surface area contributed by atoms with Crippen LogP contribution in [0.2, 0.25) is 0 Å². The highest BCUT2D eigenvalue weighted by atomic mass is 15.3. The highest BCUT2D eigenvalue weighted by Gasteiger charge is 2.30. The van der Waals surface area contributed by atoms with E-state index in [4.69, 9.17) is 5.73 Å². The maximum absolute atomic E-state index is 5.76. The molecular formula is C18H31N3. The van der Waals surface area contributed by atoms with Crippen molar-refractivity contribution in [3.8, 4) is 0 Å². The van der Waals surface area contributed by atoms with E-state index in [1.807, 2.05) is 0 Å². The van der Waals surface area contributed by atoms with Crippen molar-refractivity contribution in [2.24, 2.45) is 5.73 Å². The lowest BCUT2D eigenvalue weighted by atomic mass is 9.90. The molecule has 1 unspecified atom stereocenters. The summed E-state index contributed by atoms with van der Waals surface area (Å²) >= 11 is 0. The highest BCUT2D eigenvalue weighted by Crippen LogP contribution is 2.32. The van der Waals surface area contributed by atoms with Crippen LogP contribution in [0, 0.1) is 0 Å².